The van der Waals surface area contributed by atoms with Crippen molar-refractivity contribution in [2.75, 3.05) is 14.2 Å². The Morgan fingerprint density at radius 1 is 1.16 bits per heavy atom. The van der Waals surface area contributed by atoms with E-state index in [1.807, 2.05) is 30.5 Å². The van der Waals surface area contributed by atoms with Gasteiger partial charge in [-0.2, -0.15) is 5.10 Å². The highest BCUT2D eigenvalue weighted by molar-refractivity contribution is 7.10. The average molecular weight is 434 g/mol. The predicted octanol–water partition coefficient (Wildman–Crippen LogP) is 4.95. The summed E-state index contributed by atoms with van der Waals surface area (Å²) in [5.74, 6) is 1.66. The predicted molar refractivity (Wildman–Crippen MR) is 121 cm³/mol. The summed E-state index contributed by atoms with van der Waals surface area (Å²) in [5, 5.41) is 6.81. The zero-order valence-corrected chi connectivity index (χ0v) is 18.5. The minimum absolute atomic E-state index is 0.135. The topological polar surface area (TPSA) is 65.7 Å². The molecule has 1 unspecified atom stereocenters. The highest BCUT2D eigenvalue weighted by atomic mass is 32.1. The minimum atomic E-state index is 0.135. The number of fused-ring (bicyclic) bond motifs is 2. The molecule has 0 saturated heterocycles. The van der Waals surface area contributed by atoms with Crippen LogP contribution in [0.2, 0.25) is 0 Å². The van der Waals surface area contributed by atoms with Gasteiger partial charge in [0.1, 0.15) is 0 Å². The first-order valence-corrected chi connectivity index (χ1v) is 11.2. The first kappa shape index (κ1) is 19.8. The van der Waals surface area contributed by atoms with Crippen molar-refractivity contribution >= 4 is 22.8 Å². The van der Waals surface area contributed by atoms with Gasteiger partial charge in [0.15, 0.2) is 22.9 Å². The molecule has 3 aromatic heterocycles. The Morgan fingerprint density at radius 2 is 2.00 bits per heavy atom. The quantitative estimate of drug-likeness (QED) is 0.446. The third kappa shape index (κ3) is 3.29. The number of thiophene rings is 1. The van der Waals surface area contributed by atoms with Crippen molar-refractivity contribution in [1.82, 2.24) is 14.6 Å². The number of ether oxygens (including phenoxy) is 2. The van der Waals surface area contributed by atoms with Crippen molar-refractivity contribution in [3.05, 3.63) is 63.7 Å². The van der Waals surface area contributed by atoms with Gasteiger partial charge >= 0.3 is 0 Å². The van der Waals surface area contributed by atoms with E-state index in [9.17, 15) is 4.79 Å². The lowest BCUT2D eigenvalue weighted by molar-refractivity contribution is 0.0963. The molecule has 6 nitrogen and oxygen atoms in total. The van der Waals surface area contributed by atoms with Gasteiger partial charge in [-0.3, -0.25) is 4.79 Å². The molecule has 4 aromatic rings. The van der Waals surface area contributed by atoms with E-state index >= 15 is 0 Å². The van der Waals surface area contributed by atoms with Gasteiger partial charge in [0.25, 0.3) is 0 Å². The molecular weight excluding hydrogens is 410 g/mol. The van der Waals surface area contributed by atoms with Crippen molar-refractivity contribution in [3.63, 3.8) is 0 Å². The van der Waals surface area contributed by atoms with Crippen LogP contribution < -0.4 is 9.47 Å². The molecule has 7 heteroatoms. The number of hydrogen-bond donors (Lipinski definition) is 0. The number of hydrogen-bond acceptors (Lipinski definition) is 6. The van der Waals surface area contributed by atoms with E-state index in [4.69, 9.17) is 19.6 Å². The molecule has 1 aliphatic carbocycles. The number of methoxy groups -OCH3 is 2. The SMILES string of the molecule is CCc1nn2cc3c(nc2c1-c1ccc(OC)c(OC)c1)CC(c1cccs1)CC3=O. The monoisotopic (exact) mass is 433 g/mol. The van der Waals surface area contributed by atoms with Crippen LogP contribution in [0.25, 0.3) is 16.8 Å². The van der Waals surface area contributed by atoms with Crippen LogP contribution in [-0.4, -0.2) is 34.6 Å². The first-order chi connectivity index (χ1) is 15.1. The van der Waals surface area contributed by atoms with Gasteiger partial charge in [0, 0.05) is 29.0 Å². The van der Waals surface area contributed by atoms with Crippen LogP contribution in [0.4, 0.5) is 0 Å². The van der Waals surface area contributed by atoms with E-state index in [0.717, 1.165) is 41.0 Å². The third-order valence-corrected chi connectivity index (χ3v) is 6.92. The summed E-state index contributed by atoms with van der Waals surface area (Å²) in [6.07, 6.45) is 3.89. The van der Waals surface area contributed by atoms with E-state index in [1.165, 1.54) is 4.88 Å². The first-order valence-electron chi connectivity index (χ1n) is 10.3. The van der Waals surface area contributed by atoms with Crippen LogP contribution >= 0.6 is 11.3 Å². The van der Waals surface area contributed by atoms with E-state index in [0.29, 0.717) is 23.5 Å². The van der Waals surface area contributed by atoms with Crippen LogP contribution in [0.5, 0.6) is 11.5 Å². The lowest BCUT2D eigenvalue weighted by Crippen LogP contribution is -2.20. The molecule has 0 spiro atoms. The van der Waals surface area contributed by atoms with Crippen molar-refractivity contribution in [3.8, 4) is 22.6 Å². The van der Waals surface area contributed by atoms with E-state index < -0.39 is 0 Å². The maximum Gasteiger partial charge on any atom is 0.166 e. The number of aryl methyl sites for hydroxylation is 1. The van der Waals surface area contributed by atoms with E-state index in [2.05, 4.69) is 18.4 Å². The van der Waals surface area contributed by atoms with Gasteiger partial charge in [-0.1, -0.05) is 19.1 Å². The van der Waals surface area contributed by atoms with Crippen LogP contribution in [0.3, 0.4) is 0 Å². The lowest BCUT2D eigenvalue weighted by Gasteiger charge is -2.22. The van der Waals surface area contributed by atoms with Crippen molar-refractivity contribution in [2.24, 2.45) is 0 Å². The smallest absolute Gasteiger partial charge is 0.166 e. The van der Waals surface area contributed by atoms with Gasteiger partial charge in [0.05, 0.1) is 31.2 Å². The van der Waals surface area contributed by atoms with Gasteiger partial charge in [-0.15, -0.1) is 11.3 Å². The Morgan fingerprint density at radius 3 is 2.71 bits per heavy atom. The molecule has 1 aromatic carbocycles. The Labute approximate surface area is 184 Å². The van der Waals surface area contributed by atoms with Gasteiger partial charge in [-0.25, -0.2) is 9.50 Å². The minimum Gasteiger partial charge on any atom is -0.493 e. The molecule has 0 fully saturated rings. The Kier molecular flexibility index (Phi) is 4.98. The van der Waals surface area contributed by atoms with Crippen LogP contribution in [0.1, 0.15) is 45.9 Å². The van der Waals surface area contributed by atoms with Crippen molar-refractivity contribution in [2.45, 2.75) is 32.1 Å². The normalized spacial score (nSPS) is 15.8. The number of carbonyl (C=O) groups excluding carboxylic acids is 1. The standard InChI is InChI=1S/C24H23N3O3S/c1-4-17-23(14-7-8-20(29-2)21(12-14)30-3)24-25-18-10-15(22-6-5-9-31-22)11-19(28)16(18)13-27(24)26-17/h5-9,12-13,15H,4,10-11H2,1-3H3. The molecule has 3 heterocycles. The van der Waals surface area contributed by atoms with Crippen LogP contribution in [0, 0.1) is 0 Å². The zero-order chi connectivity index (χ0) is 21.5. The molecule has 0 radical (unpaired) electrons. The summed E-state index contributed by atoms with van der Waals surface area (Å²) >= 11 is 1.70. The second-order valence-electron chi connectivity index (χ2n) is 7.66. The lowest BCUT2D eigenvalue weighted by atomic mass is 9.85. The summed E-state index contributed by atoms with van der Waals surface area (Å²) in [6, 6.07) is 9.99. The average Bonchev–Trinajstić information content (AvgIpc) is 3.45. The van der Waals surface area contributed by atoms with Gasteiger partial charge < -0.3 is 9.47 Å². The fraction of sp³-hybridized carbons (Fsp3) is 0.292. The summed E-state index contributed by atoms with van der Waals surface area (Å²) in [6.45, 7) is 2.07. The fourth-order valence-corrected chi connectivity index (χ4v) is 5.17. The summed E-state index contributed by atoms with van der Waals surface area (Å²) in [4.78, 5) is 19.1. The van der Waals surface area contributed by atoms with Gasteiger partial charge in [0.2, 0.25) is 0 Å². The van der Waals surface area contributed by atoms with Crippen molar-refractivity contribution < 1.29 is 14.3 Å². The molecule has 31 heavy (non-hydrogen) atoms. The second kappa shape index (κ2) is 7.81. The molecule has 1 aliphatic rings. The molecule has 5 rings (SSSR count). The highest BCUT2D eigenvalue weighted by Crippen LogP contribution is 2.38. The molecule has 0 bridgehead atoms. The number of ketones is 1. The zero-order valence-electron chi connectivity index (χ0n) is 17.7. The molecule has 1 atom stereocenters. The number of aromatic nitrogens is 3. The second-order valence-corrected chi connectivity index (χ2v) is 8.64. The number of rotatable bonds is 5. The molecular formula is C24H23N3O3S. The highest BCUT2D eigenvalue weighted by Gasteiger charge is 2.30. The summed E-state index contributed by atoms with van der Waals surface area (Å²) in [7, 11) is 3.25. The molecule has 0 saturated carbocycles. The maximum absolute atomic E-state index is 12.9. The largest absolute Gasteiger partial charge is 0.493 e. The number of nitrogens with zero attached hydrogens (tertiary/aromatic N) is 3. The number of benzene rings is 1. The van der Waals surface area contributed by atoms with Crippen LogP contribution in [-0.2, 0) is 12.8 Å². The Hall–Kier alpha value is -3.19. The van der Waals surface area contributed by atoms with Crippen molar-refractivity contribution in [1.29, 1.82) is 0 Å². The molecule has 0 N–H and O–H groups in total. The number of carbonyl (C=O) groups is 1. The Balaban J connectivity index is 1.67. The van der Waals surface area contributed by atoms with E-state index in [1.54, 1.807) is 30.1 Å². The number of Topliss-reactive ketones (excluding diaryl/α,β-unsaturated/α-hetero) is 1. The third-order valence-electron chi connectivity index (χ3n) is 5.89. The molecule has 0 amide bonds. The van der Waals surface area contributed by atoms with Crippen LogP contribution in [0.15, 0.2) is 41.9 Å². The summed E-state index contributed by atoms with van der Waals surface area (Å²) < 4.78 is 12.6. The molecule has 0 aliphatic heterocycles. The fourth-order valence-electron chi connectivity index (χ4n) is 4.34. The summed E-state index contributed by atoms with van der Waals surface area (Å²) in [5.41, 5.74) is 5.17. The van der Waals surface area contributed by atoms with Gasteiger partial charge in [-0.05, 0) is 42.0 Å². The Bertz CT molecular complexity index is 1280. The maximum atomic E-state index is 12.9. The molecule has 158 valence electrons. The van der Waals surface area contributed by atoms with E-state index in [-0.39, 0.29) is 11.7 Å².